The highest BCUT2D eigenvalue weighted by Crippen LogP contribution is 2.26. The van der Waals surface area contributed by atoms with Gasteiger partial charge in [-0.05, 0) is 26.8 Å². The van der Waals surface area contributed by atoms with Gasteiger partial charge in [0.2, 0.25) is 5.78 Å². The van der Waals surface area contributed by atoms with Gasteiger partial charge >= 0.3 is 5.97 Å². The minimum absolute atomic E-state index is 0.0299. The maximum Gasteiger partial charge on any atom is 0.339 e. The van der Waals surface area contributed by atoms with Crippen LogP contribution >= 0.6 is 0 Å². The molecule has 0 aliphatic heterocycles. The molecule has 2 aromatic heterocycles. The Kier molecular flexibility index (Phi) is 5.93. The third kappa shape index (κ3) is 4.05. The number of ether oxygens (including phenoxy) is 1. The second-order valence-electron chi connectivity index (χ2n) is 7.01. The van der Waals surface area contributed by atoms with E-state index in [0.717, 1.165) is 5.56 Å². The van der Waals surface area contributed by atoms with Gasteiger partial charge in [-0.2, -0.15) is 10.4 Å². The fraction of sp³-hybridized carbons (Fsp3) is 0.227. The number of allylic oxidation sites excluding steroid dienone is 1. The number of nitrogens with two attached hydrogens (primary N) is 1. The van der Waals surface area contributed by atoms with Gasteiger partial charge in [-0.15, -0.1) is 0 Å². The fourth-order valence-corrected chi connectivity index (χ4v) is 2.97. The van der Waals surface area contributed by atoms with Gasteiger partial charge in [-0.25, -0.2) is 14.5 Å². The molecule has 152 valence electrons. The molecule has 2 heterocycles. The molecule has 1 aromatic carbocycles. The number of hydrogen-bond donors (Lipinski definition) is 1. The normalized spacial score (nSPS) is 11.8. The average molecular weight is 403 g/mol. The first-order valence-corrected chi connectivity index (χ1v) is 9.34. The third-order valence-corrected chi connectivity index (χ3v) is 4.46. The van der Waals surface area contributed by atoms with Crippen LogP contribution in [0.25, 0.3) is 22.3 Å². The molecule has 3 rings (SSSR count). The lowest BCUT2D eigenvalue weighted by Crippen LogP contribution is -2.18. The number of aromatic nitrogens is 3. The van der Waals surface area contributed by atoms with E-state index in [-0.39, 0.29) is 22.9 Å². The van der Waals surface area contributed by atoms with E-state index >= 15 is 0 Å². The lowest BCUT2D eigenvalue weighted by Gasteiger charge is -2.10. The van der Waals surface area contributed by atoms with Crippen molar-refractivity contribution in [3.63, 3.8) is 0 Å². The summed E-state index contributed by atoms with van der Waals surface area (Å²) in [7, 11) is 0. The summed E-state index contributed by atoms with van der Waals surface area (Å²) >= 11 is 0. The summed E-state index contributed by atoms with van der Waals surface area (Å²) in [6.45, 7) is 4.78. The third-order valence-electron chi connectivity index (χ3n) is 4.46. The van der Waals surface area contributed by atoms with E-state index in [1.54, 1.807) is 23.0 Å². The first-order chi connectivity index (χ1) is 14.3. The van der Waals surface area contributed by atoms with Gasteiger partial charge in [0.05, 0.1) is 22.8 Å². The second-order valence-corrected chi connectivity index (χ2v) is 7.01. The molecule has 0 atom stereocenters. The number of benzene rings is 1. The Hall–Kier alpha value is -3.99. The number of carbonyl (C=O) groups excluding carboxylic acids is 2. The highest BCUT2D eigenvalue weighted by molar-refractivity contribution is 6.06. The van der Waals surface area contributed by atoms with Crippen molar-refractivity contribution in [1.82, 2.24) is 14.8 Å². The average Bonchev–Trinajstić information content (AvgIpc) is 3.16. The molecular weight excluding hydrogens is 382 g/mol. The number of ketones is 1. The number of esters is 1. The van der Waals surface area contributed by atoms with Crippen LogP contribution < -0.4 is 5.73 Å². The minimum atomic E-state index is -0.705. The van der Waals surface area contributed by atoms with E-state index in [1.165, 1.54) is 6.92 Å². The molecule has 0 fully saturated rings. The zero-order valence-corrected chi connectivity index (χ0v) is 16.9. The van der Waals surface area contributed by atoms with Gasteiger partial charge in [0.25, 0.3) is 0 Å². The summed E-state index contributed by atoms with van der Waals surface area (Å²) in [5, 5.41) is 13.9. The van der Waals surface area contributed by atoms with Crippen LogP contribution in [0, 0.1) is 11.3 Å². The molecule has 8 heteroatoms. The van der Waals surface area contributed by atoms with Crippen LogP contribution in [0.3, 0.4) is 0 Å². The van der Waals surface area contributed by atoms with Crippen molar-refractivity contribution in [1.29, 1.82) is 5.26 Å². The van der Waals surface area contributed by atoms with E-state index in [1.807, 2.05) is 44.2 Å². The Labute approximate surface area is 173 Å². The molecule has 0 saturated carbocycles. The number of Topliss-reactive ketones (excluding diaryl/α,β-unsaturated/α-hetero) is 1. The summed E-state index contributed by atoms with van der Waals surface area (Å²) in [4.78, 5) is 29.7. The van der Waals surface area contributed by atoms with E-state index in [4.69, 9.17) is 15.7 Å². The Morgan fingerprint density at radius 2 is 1.97 bits per heavy atom. The molecule has 3 aromatic rings. The standard InChI is InChI=1S/C22H21N5O3/c1-13(2)27-21-18(11-25-27)16(9-19(26-21)15-7-5-4-6-8-15)22(29)30-12-20(28)17(10-23)14(3)24/h4-9,11,13H,12,24H2,1-3H3/b17-14+. The molecule has 0 unspecified atom stereocenters. The van der Waals surface area contributed by atoms with Crippen LogP contribution in [0.15, 0.2) is 53.9 Å². The van der Waals surface area contributed by atoms with Crippen LogP contribution in [0.1, 0.15) is 37.2 Å². The second kappa shape index (κ2) is 8.57. The molecule has 2 N–H and O–H groups in total. The molecule has 0 aliphatic rings. The largest absolute Gasteiger partial charge is 0.454 e. The monoisotopic (exact) mass is 403 g/mol. The first kappa shape index (κ1) is 20.7. The van der Waals surface area contributed by atoms with Crippen molar-refractivity contribution in [3.8, 4) is 17.3 Å². The Morgan fingerprint density at radius 3 is 2.57 bits per heavy atom. The van der Waals surface area contributed by atoms with Crippen molar-refractivity contribution < 1.29 is 14.3 Å². The zero-order chi connectivity index (χ0) is 21.8. The van der Waals surface area contributed by atoms with Crippen molar-refractivity contribution >= 4 is 22.8 Å². The summed E-state index contributed by atoms with van der Waals surface area (Å²) in [6, 6.07) is 12.8. The Balaban J connectivity index is 2.02. The van der Waals surface area contributed by atoms with E-state index in [2.05, 4.69) is 10.1 Å². The van der Waals surface area contributed by atoms with Crippen LogP contribution in [-0.2, 0) is 9.53 Å². The van der Waals surface area contributed by atoms with Crippen LogP contribution in [0.4, 0.5) is 0 Å². The number of fused-ring (bicyclic) bond motifs is 1. The molecule has 0 spiro atoms. The van der Waals surface area contributed by atoms with Gasteiger partial charge in [0, 0.05) is 17.3 Å². The Bertz CT molecular complexity index is 1180. The van der Waals surface area contributed by atoms with Crippen molar-refractivity contribution in [2.24, 2.45) is 5.73 Å². The highest BCUT2D eigenvalue weighted by Gasteiger charge is 2.21. The molecular formula is C22H21N5O3. The predicted molar refractivity (Wildman–Crippen MR) is 111 cm³/mol. The van der Waals surface area contributed by atoms with Crippen molar-refractivity contribution in [2.75, 3.05) is 6.61 Å². The number of rotatable bonds is 6. The summed E-state index contributed by atoms with van der Waals surface area (Å²) in [6.07, 6.45) is 1.56. The van der Waals surface area contributed by atoms with Gasteiger partial charge in [0.15, 0.2) is 12.3 Å². The van der Waals surface area contributed by atoms with Gasteiger partial charge < -0.3 is 10.5 Å². The van der Waals surface area contributed by atoms with Crippen LogP contribution in [-0.4, -0.2) is 33.1 Å². The van der Waals surface area contributed by atoms with E-state index in [9.17, 15) is 9.59 Å². The van der Waals surface area contributed by atoms with Crippen LogP contribution in [0.5, 0.6) is 0 Å². The maximum atomic E-state index is 12.8. The maximum absolute atomic E-state index is 12.8. The molecule has 0 bridgehead atoms. The number of nitriles is 1. The molecule has 0 amide bonds. The summed E-state index contributed by atoms with van der Waals surface area (Å²) < 4.78 is 6.92. The van der Waals surface area contributed by atoms with E-state index in [0.29, 0.717) is 16.7 Å². The van der Waals surface area contributed by atoms with E-state index < -0.39 is 18.4 Å². The van der Waals surface area contributed by atoms with Gasteiger partial charge in [0.1, 0.15) is 11.6 Å². The molecule has 0 aliphatic carbocycles. The SMILES string of the molecule is C/C(N)=C(/C#N)C(=O)COC(=O)c1cc(-c2ccccc2)nc2c1cnn2C(C)C. The first-order valence-electron chi connectivity index (χ1n) is 9.34. The number of nitrogens with zero attached hydrogens (tertiary/aromatic N) is 4. The lowest BCUT2D eigenvalue weighted by molar-refractivity contribution is -0.118. The smallest absolute Gasteiger partial charge is 0.339 e. The summed E-state index contributed by atoms with van der Waals surface area (Å²) in [5.74, 6) is -1.36. The number of carbonyl (C=O) groups is 2. The van der Waals surface area contributed by atoms with Crippen LogP contribution in [0.2, 0.25) is 0 Å². The summed E-state index contributed by atoms with van der Waals surface area (Å²) in [5.41, 5.74) is 7.58. The highest BCUT2D eigenvalue weighted by atomic mass is 16.5. The number of pyridine rings is 1. The topological polar surface area (TPSA) is 124 Å². The van der Waals surface area contributed by atoms with Gasteiger partial charge in [-0.1, -0.05) is 30.3 Å². The fourth-order valence-electron chi connectivity index (χ4n) is 2.97. The number of hydrogen-bond acceptors (Lipinski definition) is 7. The molecule has 30 heavy (non-hydrogen) atoms. The molecule has 0 radical (unpaired) electrons. The predicted octanol–water partition coefficient (Wildman–Crippen LogP) is 3.16. The minimum Gasteiger partial charge on any atom is -0.454 e. The quantitative estimate of drug-likeness (QED) is 0.381. The zero-order valence-electron chi connectivity index (χ0n) is 16.9. The van der Waals surface area contributed by atoms with Crippen molar-refractivity contribution in [3.05, 3.63) is 59.4 Å². The lowest BCUT2D eigenvalue weighted by atomic mass is 10.1. The molecule has 8 nitrogen and oxygen atoms in total. The Morgan fingerprint density at radius 1 is 1.27 bits per heavy atom. The van der Waals surface area contributed by atoms with Crippen molar-refractivity contribution in [2.45, 2.75) is 26.8 Å². The molecule has 0 saturated heterocycles. The van der Waals surface area contributed by atoms with Gasteiger partial charge in [-0.3, -0.25) is 4.79 Å².